The summed E-state index contributed by atoms with van der Waals surface area (Å²) in [5, 5.41) is 10.2. The van der Waals surface area contributed by atoms with Crippen molar-refractivity contribution in [2.75, 3.05) is 20.1 Å². The minimum Gasteiger partial charge on any atom is -0.389 e. The summed E-state index contributed by atoms with van der Waals surface area (Å²) in [5.41, 5.74) is 0.474. The van der Waals surface area contributed by atoms with E-state index in [1.54, 1.807) is 0 Å². The highest BCUT2D eigenvalue weighted by atomic mass is 16.3. The zero-order valence-corrected chi connectivity index (χ0v) is 11.3. The summed E-state index contributed by atoms with van der Waals surface area (Å²) in [4.78, 5) is 6.45. The molecule has 1 aromatic heterocycles. The molecule has 3 heteroatoms. The maximum absolute atomic E-state index is 10.2. The number of pyridine rings is 1. The predicted octanol–water partition coefficient (Wildman–Crippen LogP) is 1.96. The topological polar surface area (TPSA) is 36.4 Å². The molecule has 0 saturated heterocycles. The Hall–Kier alpha value is -0.930. The second-order valence-electron chi connectivity index (χ2n) is 5.32. The van der Waals surface area contributed by atoms with Crippen molar-refractivity contribution in [1.82, 2.24) is 9.88 Å². The van der Waals surface area contributed by atoms with Crippen LogP contribution in [0.1, 0.15) is 26.5 Å². The van der Waals surface area contributed by atoms with Crippen molar-refractivity contribution in [1.29, 1.82) is 0 Å². The van der Waals surface area contributed by atoms with Gasteiger partial charge in [0.25, 0.3) is 0 Å². The molecule has 3 nitrogen and oxygen atoms in total. The molecule has 1 aromatic rings. The van der Waals surface area contributed by atoms with Gasteiger partial charge in [0.1, 0.15) is 0 Å². The lowest BCUT2D eigenvalue weighted by molar-refractivity contribution is -0.0128. The number of aliphatic hydroxyl groups is 1. The summed E-state index contributed by atoms with van der Waals surface area (Å²) in [5.74, 6) is 0.264. The van der Waals surface area contributed by atoms with E-state index in [0.717, 1.165) is 18.7 Å². The molecule has 1 unspecified atom stereocenters. The molecule has 1 atom stereocenters. The summed E-state index contributed by atoms with van der Waals surface area (Å²) in [6, 6.07) is 5.97. The molecule has 1 heterocycles. The highest BCUT2D eigenvalue weighted by Gasteiger charge is 2.26. The van der Waals surface area contributed by atoms with Crippen molar-refractivity contribution in [3.05, 3.63) is 30.1 Å². The molecule has 0 aliphatic rings. The molecule has 0 aliphatic carbocycles. The predicted molar refractivity (Wildman–Crippen MR) is 70.9 cm³/mol. The Morgan fingerprint density at radius 2 is 2.12 bits per heavy atom. The van der Waals surface area contributed by atoms with Crippen molar-refractivity contribution >= 4 is 0 Å². The van der Waals surface area contributed by atoms with Gasteiger partial charge < -0.3 is 10.0 Å². The van der Waals surface area contributed by atoms with Crippen LogP contribution in [0.5, 0.6) is 0 Å². The molecule has 1 rings (SSSR count). The minimum atomic E-state index is -0.626. The van der Waals surface area contributed by atoms with Gasteiger partial charge in [-0.25, -0.2) is 0 Å². The zero-order valence-electron chi connectivity index (χ0n) is 11.3. The van der Waals surface area contributed by atoms with Crippen LogP contribution >= 0.6 is 0 Å². The van der Waals surface area contributed by atoms with Gasteiger partial charge in [0.05, 0.1) is 5.60 Å². The van der Waals surface area contributed by atoms with Crippen molar-refractivity contribution < 1.29 is 5.11 Å². The number of hydrogen-bond acceptors (Lipinski definition) is 3. The molecule has 0 bridgehead atoms. The van der Waals surface area contributed by atoms with Crippen molar-refractivity contribution in [2.24, 2.45) is 5.92 Å². The standard InChI is InChI=1S/C14H24N2O/c1-12(2)14(3,17)11-16(4)10-8-13-7-5-6-9-15-13/h5-7,9,12,17H,8,10-11H2,1-4H3. The first-order valence-electron chi connectivity index (χ1n) is 6.22. The molecule has 0 saturated carbocycles. The summed E-state index contributed by atoms with van der Waals surface area (Å²) in [7, 11) is 2.04. The van der Waals surface area contributed by atoms with Crippen LogP contribution in [0.25, 0.3) is 0 Å². The van der Waals surface area contributed by atoms with Gasteiger partial charge in [0.15, 0.2) is 0 Å². The number of rotatable bonds is 6. The van der Waals surface area contributed by atoms with Crippen molar-refractivity contribution in [3.63, 3.8) is 0 Å². The van der Waals surface area contributed by atoms with E-state index in [2.05, 4.69) is 9.88 Å². The number of likely N-dealkylation sites (N-methyl/N-ethyl adjacent to an activating group) is 1. The third-order valence-electron chi connectivity index (χ3n) is 3.31. The molecule has 0 aromatic carbocycles. The van der Waals surface area contributed by atoms with Gasteiger partial charge in [0, 0.05) is 31.4 Å². The van der Waals surface area contributed by atoms with E-state index in [-0.39, 0.29) is 5.92 Å². The van der Waals surface area contributed by atoms with E-state index in [4.69, 9.17) is 0 Å². The maximum Gasteiger partial charge on any atom is 0.0768 e. The second kappa shape index (κ2) is 6.12. The Labute approximate surface area is 104 Å². The summed E-state index contributed by atoms with van der Waals surface area (Å²) >= 11 is 0. The van der Waals surface area contributed by atoms with Crippen LogP contribution in [-0.4, -0.2) is 40.7 Å². The van der Waals surface area contributed by atoms with Gasteiger partial charge in [0.2, 0.25) is 0 Å². The molecule has 96 valence electrons. The first-order chi connectivity index (χ1) is 7.92. The van der Waals surface area contributed by atoms with Gasteiger partial charge in [-0.3, -0.25) is 4.98 Å². The molecular weight excluding hydrogens is 212 g/mol. The fourth-order valence-corrected chi connectivity index (χ4v) is 1.66. The third-order valence-corrected chi connectivity index (χ3v) is 3.31. The summed E-state index contributed by atoms with van der Waals surface area (Å²) < 4.78 is 0. The highest BCUT2D eigenvalue weighted by molar-refractivity contribution is 5.03. The van der Waals surface area contributed by atoms with Crippen LogP contribution in [0, 0.1) is 5.92 Å². The van der Waals surface area contributed by atoms with E-state index >= 15 is 0 Å². The number of nitrogens with zero attached hydrogens (tertiary/aromatic N) is 2. The number of aromatic nitrogens is 1. The van der Waals surface area contributed by atoms with Crippen molar-refractivity contribution in [2.45, 2.75) is 32.8 Å². The molecule has 0 amide bonds. The van der Waals surface area contributed by atoms with Crippen LogP contribution in [0.2, 0.25) is 0 Å². The van der Waals surface area contributed by atoms with Crippen LogP contribution < -0.4 is 0 Å². The lowest BCUT2D eigenvalue weighted by Gasteiger charge is -2.32. The summed E-state index contributed by atoms with van der Waals surface area (Å²) in [6.07, 6.45) is 2.74. The Kier molecular flexibility index (Phi) is 5.09. The van der Waals surface area contributed by atoms with Crippen LogP contribution in [0.3, 0.4) is 0 Å². The average molecular weight is 236 g/mol. The highest BCUT2D eigenvalue weighted by Crippen LogP contribution is 2.16. The quantitative estimate of drug-likeness (QED) is 0.820. The normalized spacial score (nSPS) is 15.2. The minimum absolute atomic E-state index is 0.264. The Balaban J connectivity index is 2.38. The van der Waals surface area contributed by atoms with Gasteiger partial charge >= 0.3 is 0 Å². The maximum atomic E-state index is 10.2. The second-order valence-corrected chi connectivity index (χ2v) is 5.32. The molecule has 0 aliphatic heterocycles. The Morgan fingerprint density at radius 1 is 1.41 bits per heavy atom. The molecular formula is C14H24N2O. The van der Waals surface area contributed by atoms with Gasteiger partial charge in [-0.1, -0.05) is 19.9 Å². The SMILES string of the molecule is CC(C)C(C)(O)CN(C)CCc1ccccn1. The summed E-state index contributed by atoms with van der Waals surface area (Å²) in [6.45, 7) is 7.60. The van der Waals surface area contributed by atoms with Gasteiger partial charge in [-0.2, -0.15) is 0 Å². The average Bonchev–Trinajstić information content (AvgIpc) is 2.27. The Morgan fingerprint density at radius 3 is 2.65 bits per heavy atom. The fraction of sp³-hybridized carbons (Fsp3) is 0.643. The smallest absolute Gasteiger partial charge is 0.0768 e. The molecule has 0 fully saturated rings. The monoisotopic (exact) mass is 236 g/mol. The van der Waals surface area contributed by atoms with E-state index in [0.29, 0.717) is 6.54 Å². The first kappa shape index (κ1) is 14.1. The van der Waals surface area contributed by atoms with Crippen molar-refractivity contribution in [3.8, 4) is 0 Å². The number of hydrogen-bond donors (Lipinski definition) is 1. The van der Waals surface area contributed by atoms with Crippen LogP contribution in [0.15, 0.2) is 24.4 Å². The van der Waals surface area contributed by atoms with Crippen LogP contribution in [-0.2, 0) is 6.42 Å². The van der Waals surface area contributed by atoms with E-state index in [1.807, 2.05) is 52.2 Å². The van der Waals surface area contributed by atoms with Gasteiger partial charge in [-0.05, 0) is 32.0 Å². The first-order valence-corrected chi connectivity index (χ1v) is 6.22. The third kappa shape index (κ3) is 4.84. The fourth-order valence-electron chi connectivity index (χ4n) is 1.66. The van der Waals surface area contributed by atoms with E-state index < -0.39 is 5.60 Å². The molecule has 1 N–H and O–H groups in total. The zero-order chi connectivity index (χ0) is 12.9. The van der Waals surface area contributed by atoms with Crippen LogP contribution in [0.4, 0.5) is 0 Å². The molecule has 0 radical (unpaired) electrons. The molecule has 17 heavy (non-hydrogen) atoms. The lowest BCUT2D eigenvalue weighted by Crippen LogP contribution is -2.43. The Bertz CT molecular complexity index is 322. The molecule has 0 spiro atoms. The van der Waals surface area contributed by atoms with Gasteiger partial charge in [-0.15, -0.1) is 0 Å². The van der Waals surface area contributed by atoms with E-state index in [1.165, 1.54) is 0 Å². The van der Waals surface area contributed by atoms with E-state index in [9.17, 15) is 5.11 Å². The lowest BCUT2D eigenvalue weighted by atomic mass is 9.92. The largest absolute Gasteiger partial charge is 0.389 e.